The number of hydrogen-bond donors (Lipinski definition) is 1. The molecule has 0 radical (unpaired) electrons. The van der Waals surface area contributed by atoms with Crippen molar-refractivity contribution >= 4 is 12.1 Å². The minimum atomic E-state index is -1.22. The fourth-order valence-electron chi connectivity index (χ4n) is 2.85. The van der Waals surface area contributed by atoms with Crippen molar-refractivity contribution in [3.8, 4) is 0 Å². The molecule has 1 unspecified atom stereocenters. The molecular formula is C22H25NO4. The molecule has 2 aromatic rings. The van der Waals surface area contributed by atoms with Crippen molar-refractivity contribution in [3.63, 3.8) is 0 Å². The number of carbonyl (C=O) groups excluding carboxylic acids is 2. The van der Waals surface area contributed by atoms with Gasteiger partial charge in [0.15, 0.2) is 0 Å². The highest BCUT2D eigenvalue weighted by atomic mass is 16.6. The lowest BCUT2D eigenvalue weighted by Gasteiger charge is -2.30. The molecule has 0 aromatic heterocycles. The third kappa shape index (κ3) is 5.99. The van der Waals surface area contributed by atoms with Crippen molar-refractivity contribution in [1.82, 2.24) is 5.32 Å². The Balaban J connectivity index is 2.08. The fraction of sp³-hybridized carbons (Fsp3) is 0.273. The maximum Gasteiger partial charge on any atom is 0.408 e. The molecule has 1 amide bonds. The van der Waals surface area contributed by atoms with Gasteiger partial charge in [-0.2, -0.15) is 0 Å². The van der Waals surface area contributed by atoms with Crippen LogP contribution in [-0.4, -0.2) is 24.7 Å². The van der Waals surface area contributed by atoms with Crippen LogP contribution in [0, 0.1) is 0 Å². The quantitative estimate of drug-likeness (QED) is 0.537. The van der Waals surface area contributed by atoms with E-state index in [0.717, 1.165) is 11.1 Å². The molecule has 0 heterocycles. The number of rotatable bonds is 9. The molecule has 2 aromatic carbocycles. The molecule has 142 valence electrons. The standard InChI is InChI=1S/C22H25NO4/c1-3-15-22(20(24)26-2,16-14-18-10-6-4-7-11-18)23-21(25)27-17-19-12-8-5-9-13-19/h3-13H,1,14-17H2,2H3,(H,23,25). The molecule has 2 rings (SSSR count). The van der Waals surface area contributed by atoms with Crippen LogP contribution in [0.15, 0.2) is 73.3 Å². The Morgan fingerprint density at radius 1 is 1.04 bits per heavy atom. The number of esters is 1. The van der Waals surface area contributed by atoms with Crippen molar-refractivity contribution in [3.05, 3.63) is 84.4 Å². The van der Waals surface area contributed by atoms with E-state index in [1.165, 1.54) is 7.11 Å². The van der Waals surface area contributed by atoms with E-state index >= 15 is 0 Å². The van der Waals surface area contributed by atoms with Gasteiger partial charge in [-0.1, -0.05) is 66.7 Å². The van der Waals surface area contributed by atoms with Gasteiger partial charge in [-0.25, -0.2) is 9.59 Å². The van der Waals surface area contributed by atoms with Gasteiger partial charge in [0.1, 0.15) is 12.1 Å². The summed E-state index contributed by atoms with van der Waals surface area (Å²) in [6, 6.07) is 19.1. The van der Waals surface area contributed by atoms with E-state index < -0.39 is 17.6 Å². The van der Waals surface area contributed by atoms with Crippen LogP contribution >= 0.6 is 0 Å². The second-order valence-corrected chi connectivity index (χ2v) is 6.24. The van der Waals surface area contributed by atoms with E-state index in [1.807, 2.05) is 60.7 Å². The lowest BCUT2D eigenvalue weighted by atomic mass is 9.88. The Bertz CT molecular complexity index is 745. The number of nitrogens with one attached hydrogen (secondary N) is 1. The van der Waals surface area contributed by atoms with Gasteiger partial charge in [0.2, 0.25) is 0 Å². The predicted octanol–water partition coefficient (Wildman–Crippen LogP) is 4.03. The Kier molecular flexibility index (Phi) is 7.62. The first kappa shape index (κ1) is 20.2. The number of methoxy groups -OCH3 is 1. The Morgan fingerprint density at radius 2 is 1.63 bits per heavy atom. The number of alkyl carbamates (subject to hydrolysis) is 1. The lowest BCUT2D eigenvalue weighted by molar-refractivity contribution is -0.148. The molecule has 0 saturated carbocycles. The number of aryl methyl sites for hydroxylation is 1. The van der Waals surface area contributed by atoms with Gasteiger partial charge in [0, 0.05) is 0 Å². The lowest BCUT2D eigenvalue weighted by Crippen LogP contribution is -2.55. The predicted molar refractivity (Wildman–Crippen MR) is 104 cm³/mol. The van der Waals surface area contributed by atoms with Crippen molar-refractivity contribution in [2.24, 2.45) is 0 Å². The van der Waals surface area contributed by atoms with E-state index in [0.29, 0.717) is 12.8 Å². The van der Waals surface area contributed by atoms with Crippen molar-refractivity contribution in [2.45, 2.75) is 31.4 Å². The Labute approximate surface area is 160 Å². The average Bonchev–Trinajstić information content (AvgIpc) is 2.71. The monoisotopic (exact) mass is 367 g/mol. The Morgan fingerprint density at radius 3 is 2.19 bits per heavy atom. The van der Waals surface area contributed by atoms with Crippen LogP contribution in [0.4, 0.5) is 4.79 Å². The van der Waals surface area contributed by atoms with E-state index in [9.17, 15) is 9.59 Å². The normalized spacial score (nSPS) is 12.5. The molecule has 1 atom stereocenters. The van der Waals surface area contributed by atoms with E-state index in [1.54, 1.807) is 6.08 Å². The van der Waals surface area contributed by atoms with Gasteiger partial charge in [0.05, 0.1) is 7.11 Å². The van der Waals surface area contributed by atoms with Crippen LogP contribution in [0.3, 0.4) is 0 Å². The van der Waals surface area contributed by atoms with Crippen molar-refractivity contribution in [1.29, 1.82) is 0 Å². The summed E-state index contributed by atoms with van der Waals surface area (Å²) >= 11 is 0. The second kappa shape index (κ2) is 10.2. The highest BCUT2D eigenvalue weighted by Gasteiger charge is 2.40. The molecule has 0 bridgehead atoms. The summed E-state index contributed by atoms with van der Waals surface area (Å²) < 4.78 is 10.2. The minimum absolute atomic E-state index is 0.122. The molecule has 0 spiro atoms. The smallest absolute Gasteiger partial charge is 0.408 e. The third-order valence-corrected chi connectivity index (χ3v) is 4.31. The summed E-state index contributed by atoms with van der Waals surface area (Å²) in [5.41, 5.74) is 0.707. The number of benzene rings is 2. The van der Waals surface area contributed by atoms with Crippen molar-refractivity contribution in [2.75, 3.05) is 7.11 Å². The summed E-state index contributed by atoms with van der Waals surface area (Å²) in [6.45, 7) is 3.84. The summed E-state index contributed by atoms with van der Waals surface area (Å²) in [5, 5.41) is 2.72. The maximum absolute atomic E-state index is 12.5. The summed E-state index contributed by atoms with van der Waals surface area (Å²) in [6.07, 6.45) is 2.14. The van der Waals surface area contributed by atoms with Gasteiger partial charge >= 0.3 is 12.1 Å². The average molecular weight is 367 g/mol. The summed E-state index contributed by atoms with van der Waals surface area (Å²) in [4.78, 5) is 24.9. The van der Waals surface area contributed by atoms with Gasteiger partial charge in [-0.3, -0.25) is 0 Å². The topological polar surface area (TPSA) is 64.6 Å². The summed E-state index contributed by atoms with van der Waals surface area (Å²) in [7, 11) is 1.31. The van der Waals surface area contributed by atoms with Gasteiger partial charge in [-0.15, -0.1) is 6.58 Å². The maximum atomic E-state index is 12.5. The molecule has 1 N–H and O–H groups in total. The zero-order valence-electron chi connectivity index (χ0n) is 15.5. The first-order valence-electron chi connectivity index (χ1n) is 8.82. The van der Waals surface area contributed by atoms with E-state index in [-0.39, 0.29) is 13.0 Å². The van der Waals surface area contributed by atoms with Gasteiger partial charge < -0.3 is 14.8 Å². The highest BCUT2D eigenvalue weighted by Crippen LogP contribution is 2.22. The number of amides is 1. The van der Waals surface area contributed by atoms with Crippen LogP contribution < -0.4 is 5.32 Å². The highest BCUT2D eigenvalue weighted by molar-refractivity contribution is 5.86. The fourth-order valence-corrected chi connectivity index (χ4v) is 2.85. The molecule has 0 fully saturated rings. The number of carbonyl (C=O) groups is 2. The molecule has 0 aliphatic rings. The molecule has 5 heteroatoms. The number of ether oxygens (including phenoxy) is 2. The van der Waals surface area contributed by atoms with Crippen LogP contribution in [0.25, 0.3) is 0 Å². The summed E-state index contributed by atoms with van der Waals surface area (Å²) in [5.74, 6) is -0.519. The molecular weight excluding hydrogens is 342 g/mol. The number of hydrogen-bond acceptors (Lipinski definition) is 4. The molecule has 0 saturated heterocycles. The van der Waals surface area contributed by atoms with Crippen LogP contribution in [0.1, 0.15) is 24.0 Å². The molecule has 27 heavy (non-hydrogen) atoms. The van der Waals surface area contributed by atoms with E-state index in [4.69, 9.17) is 9.47 Å². The largest absolute Gasteiger partial charge is 0.467 e. The first-order valence-corrected chi connectivity index (χ1v) is 8.82. The molecule has 5 nitrogen and oxygen atoms in total. The van der Waals surface area contributed by atoms with Gasteiger partial charge in [-0.05, 0) is 30.4 Å². The van der Waals surface area contributed by atoms with E-state index in [2.05, 4.69) is 11.9 Å². The zero-order valence-corrected chi connectivity index (χ0v) is 15.5. The zero-order chi connectivity index (χ0) is 19.5. The minimum Gasteiger partial charge on any atom is -0.467 e. The first-order chi connectivity index (χ1) is 13.1. The van der Waals surface area contributed by atoms with Crippen molar-refractivity contribution < 1.29 is 19.1 Å². The Hall–Kier alpha value is -3.08. The molecule has 0 aliphatic carbocycles. The SMILES string of the molecule is C=CCC(CCc1ccccc1)(NC(=O)OCc1ccccc1)C(=O)OC. The second-order valence-electron chi connectivity index (χ2n) is 6.24. The van der Waals surface area contributed by atoms with Crippen LogP contribution in [-0.2, 0) is 27.3 Å². The third-order valence-electron chi connectivity index (χ3n) is 4.31. The van der Waals surface area contributed by atoms with Crippen LogP contribution in [0.2, 0.25) is 0 Å². The molecule has 0 aliphatic heterocycles. The van der Waals surface area contributed by atoms with Crippen LogP contribution in [0.5, 0.6) is 0 Å². The van der Waals surface area contributed by atoms with Gasteiger partial charge in [0.25, 0.3) is 0 Å².